The van der Waals surface area contributed by atoms with E-state index in [1.54, 1.807) is 6.92 Å². The Labute approximate surface area is 241 Å². The van der Waals surface area contributed by atoms with E-state index in [2.05, 4.69) is 4.98 Å². The molecular weight excluding hydrogens is 500 g/mol. The van der Waals surface area contributed by atoms with E-state index in [0.29, 0.717) is 16.6 Å². The molecule has 1 heterocycles. The van der Waals surface area contributed by atoms with Crippen molar-refractivity contribution in [1.82, 2.24) is 4.98 Å². The zero-order valence-corrected chi connectivity index (χ0v) is 23.2. The first-order chi connectivity index (χ1) is 17.4. The van der Waals surface area contributed by atoms with E-state index in [9.17, 15) is 14.3 Å². The number of fused-ring (bicyclic) bond motifs is 3. The third-order valence-corrected chi connectivity index (χ3v) is 6.52. The van der Waals surface area contributed by atoms with Gasteiger partial charge in [0.15, 0.2) is 0 Å². The molecule has 0 saturated carbocycles. The number of carboxylic acids is 1. The molecule has 4 nitrogen and oxygen atoms in total. The molecule has 7 heteroatoms. The van der Waals surface area contributed by atoms with Crippen LogP contribution in [0, 0.1) is 11.7 Å². The number of benzene rings is 3. The Morgan fingerprint density at radius 3 is 2.59 bits per heavy atom. The Kier molecular flexibility index (Phi) is 8.63. The number of carbonyl (C=O) groups is 1. The number of nitrogens with zero attached hydrogens (tertiary/aromatic N) is 1. The van der Waals surface area contributed by atoms with Gasteiger partial charge in [0.1, 0.15) is 11.9 Å². The van der Waals surface area contributed by atoms with Crippen LogP contribution in [0.25, 0.3) is 35.2 Å². The van der Waals surface area contributed by atoms with Crippen molar-refractivity contribution in [3.8, 4) is 0 Å². The number of aromatic nitrogens is 1. The quantitative estimate of drug-likeness (QED) is 0.366. The van der Waals surface area contributed by atoms with Crippen molar-refractivity contribution in [1.29, 1.82) is 0 Å². The first kappa shape index (κ1) is 27.2. The molecule has 0 amide bonds. The minimum absolute atomic E-state index is 0. The van der Waals surface area contributed by atoms with Gasteiger partial charge in [-0.3, -0.25) is 0 Å². The van der Waals surface area contributed by atoms with Crippen LogP contribution in [-0.2, 0) is 9.53 Å². The van der Waals surface area contributed by atoms with Crippen molar-refractivity contribution in [2.45, 2.75) is 13.0 Å². The maximum atomic E-state index is 13.7. The number of carbonyl (C=O) groups excluding carboxylic acids is 1. The second-order valence-corrected chi connectivity index (χ2v) is 9.22. The number of halogens is 2. The molecule has 2 atom stereocenters. The van der Waals surface area contributed by atoms with Crippen molar-refractivity contribution in [3.63, 3.8) is 0 Å². The van der Waals surface area contributed by atoms with Gasteiger partial charge in [0.2, 0.25) is 0 Å². The maximum absolute atomic E-state index is 13.7. The second kappa shape index (κ2) is 11.7. The van der Waals surface area contributed by atoms with E-state index in [4.69, 9.17) is 16.3 Å². The van der Waals surface area contributed by atoms with Gasteiger partial charge >= 0.3 is 29.6 Å². The van der Waals surface area contributed by atoms with E-state index >= 15 is 0 Å². The molecule has 0 radical (unpaired) electrons. The van der Waals surface area contributed by atoms with Crippen molar-refractivity contribution in [2.75, 3.05) is 6.61 Å². The molecule has 4 aromatic rings. The monoisotopic (exact) mass is 521 g/mol. The fourth-order valence-electron chi connectivity index (χ4n) is 4.22. The van der Waals surface area contributed by atoms with E-state index in [0.717, 1.165) is 27.8 Å². The minimum Gasteiger partial charge on any atom is -0.550 e. The molecule has 37 heavy (non-hydrogen) atoms. The minimum atomic E-state index is -1.14. The second-order valence-electron chi connectivity index (χ2n) is 8.81. The van der Waals surface area contributed by atoms with Crippen LogP contribution < -0.4 is 34.7 Å². The predicted molar refractivity (Wildman–Crippen MR) is 139 cm³/mol. The molecule has 0 saturated heterocycles. The summed E-state index contributed by atoms with van der Waals surface area (Å²) in [6.45, 7) is 1.61. The average molecular weight is 522 g/mol. The zero-order chi connectivity index (χ0) is 25.2. The molecule has 180 valence electrons. The van der Waals surface area contributed by atoms with Gasteiger partial charge < -0.3 is 14.6 Å². The Morgan fingerprint density at radius 2 is 1.81 bits per heavy atom. The molecule has 1 aromatic heterocycles. The number of ether oxygens (including phenoxy) is 1. The van der Waals surface area contributed by atoms with Crippen LogP contribution in [0.1, 0.15) is 46.5 Å². The number of pyridine rings is 1. The van der Waals surface area contributed by atoms with Gasteiger partial charge in [-0.2, -0.15) is 0 Å². The summed E-state index contributed by atoms with van der Waals surface area (Å²) in [6, 6.07) is 20.5. The predicted octanol–water partition coefficient (Wildman–Crippen LogP) is 3.18. The van der Waals surface area contributed by atoms with Crippen LogP contribution in [0.3, 0.4) is 0 Å². The summed E-state index contributed by atoms with van der Waals surface area (Å²) < 4.78 is 19.9. The van der Waals surface area contributed by atoms with Crippen molar-refractivity contribution in [3.05, 3.63) is 111 Å². The van der Waals surface area contributed by atoms with Crippen LogP contribution >= 0.6 is 11.6 Å². The molecule has 0 spiro atoms. The third-order valence-electron chi connectivity index (χ3n) is 6.23. The van der Waals surface area contributed by atoms with Crippen LogP contribution in [-0.4, -0.2) is 17.6 Å². The van der Waals surface area contributed by atoms with Crippen LogP contribution in [0.15, 0.2) is 66.7 Å². The summed E-state index contributed by atoms with van der Waals surface area (Å²) in [5, 5.41) is 12.0. The van der Waals surface area contributed by atoms with E-state index in [1.165, 1.54) is 12.1 Å². The average Bonchev–Trinajstić information content (AvgIpc) is 3.03. The first-order valence-electron chi connectivity index (χ1n) is 11.6. The standard InChI is InChI=1S/C30H23ClFNO3.Na/c1-18(30(34)35)17-36-29-24-5-3-2-4-20(24)9-10-21-8-6-19(14-25(21)29)7-12-23-13-11-22-15-27(32)26(31)16-28(22)33-23;/h2-16,18,29H,17H2,1H3,(H,34,35);/q;+1/p-1/t18-,29?;/m1./s1. The molecule has 0 aliphatic heterocycles. The van der Waals surface area contributed by atoms with Gasteiger partial charge in [-0.15, -0.1) is 0 Å². The molecule has 0 N–H and O–H groups in total. The fraction of sp³-hybridized carbons (Fsp3) is 0.133. The molecule has 5 rings (SSSR count). The van der Waals surface area contributed by atoms with E-state index in [-0.39, 0.29) is 41.2 Å². The van der Waals surface area contributed by atoms with Crippen LogP contribution in [0.4, 0.5) is 4.39 Å². The topological polar surface area (TPSA) is 62.2 Å². The number of hydrogen-bond donors (Lipinski definition) is 0. The normalized spacial score (nSPS) is 15.1. The third kappa shape index (κ3) is 6.03. The van der Waals surface area contributed by atoms with Gasteiger partial charge in [-0.25, -0.2) is 9.37 Å². The summed E-state index contributed by atoms with van der Waals surface area (Å²) >= 11 is 5.92. The molecule has 1 aliphatic carbocycles. The van der Waals surface area contributed by atoms with Gasteiger partial charge in [-0.05, 0) is 58.2 Å². The van der Waals surface area contributed by atoms with Crippen molar-refractivity contribution < 1.29 is 48.6 Å². The van der Waals surface area contributed by atoms with Gasteiger partial charge in [0.25, 0.3) is 0 Å². The summed E-state index contributed by atoms with van der Waals surface area (Å²) in [6.07, 6.45) is 7.48. The van der Waals surface area contributed by atoms with Crippen LogP contribution in [0.5, 0.6) is 0 Å². The Hall–Kier alpha value is -2.80. The largest absolute Gasteiger partial charge is 1.00 e. The van der Waals surface area contributed by atoms with Crippen molar-refractivity contribution >= 4 is 52.8 Å². The van der Waals surface area contributed by atoms with E-state index in [1.807, 2.05) is 78.9 Å². The summed E-state index contributed by atoms with van der Waals surface area (Å²) in [5.74, 6) is -2.35. The molecule has 3 aromatic carbocycles. The summed E-state index contributed by atoms with van der Waals surface area (Å²) in [4.78, 5) is 15.8. The Balaban J connectivity index is 0.00000320. The zero-order valence-electron chi connectivity index (χ0n) is 20.4. The SMILES string of the molecule is C[C@H](COC1c2ccccc2C=Cc2ccc(C=Cc3ccc4cc(F)c(Cl)cc4n3)cc21)C(=O)[O-].[Na+]. The number of rotatable bonds is 6. The molecular formula is C30H22ClFNNaO3. The Bertz CT molecular complexity index is 1540. The Morgan fingerprint density at radius 1 is 1.05 bits per heavy atom. The van der Waals surface area contributed by atoms with Gasteiger partial charge in [0.05, 0.1) is 22.8 Å². The maximum Gasteiger partial charge on any atom is 1.00 e. The first-order valence-corrected chi connectivity index (χ1v) is 11.9. The number of hydrogen-bond acceptors (Lipinski definition) is 4. The van der Waals surface area contributed by atoms with E-state index < -0.39 is 23.8 Å². The molecule has 1 unspecified atom stereocenters. The summed E-state index contributed by atoms with van der Waals surface area (Å²) in [5.41, 5.74) is 6.19. The fourth-order valence-corrected chi connectivity index (χ4v) is 4.38. The summed E-state index contributed by atoms with van der Waals surface area (Å²) in [7, 11) is 0. The number of aliphatic carboxylic acids is 1. The van der Waals surface area contributed by atoms with Gasteiger partial charge in [-0.1, -0.05) is 79.2 Å². The smallest absolute Gasteiger partial charge is 0.550 e. The van der Waals surface area contributed by atoms with Crippen LogP contribution in [0.2, 0.25) is 5.02 Å². The van der Waals surface area contributed by atoms with Crippen molar-refractivity contribution in [2.24, 2.45) is 5.92 Å². The molecule has 1 aliphatic rings. The van der Waals surface area contributed by atoms with Gasteiger partial charge in [0, 0.05) is 17.3 Å². The number of carboxylic acid groups (broad SMARTS) is 1. The molecule has 0 fully saturated rings. The molecule has 0 bridgehead atoms.